The van der Waals surface area contributed by atoms with Gasteiger partial charge < -0.3 is 15.2 Å². The number of amides is 2. The molecule has 1 saturated heterocycles. The first-order chi connectivity index (χ1) is 13.4. The molecule has 2 amide bonds. The molecule has 2 N–H and O–H groups in total. The van der Waals surface area contributed by atoms with E-state index >= 15 is 0 Å². The molecule has 1 saturated carbocycles. The van der Waals surface area contributed by atoms with E-state index in [1.165, 1.54) is 12.8 Å². The molecule has 2 aliphatic rings. The third kappa shape index (κ3) is 5.04. The first kappa shape index (κ1) is 20.6. The Balaban J connectivity index is 1.71. The smallest absolute Gasteiger partial charge is 0.410 e. The molecule has 3 unspecified atom stereocenters. The highest BCUT2D eigenvalue weighted by molar-refractivity contribution is 5.86. The van der Waals surface area contributed by atoms with Gasteiger partial charge in [0.1, 0.15) is 12.6 Å². The van der Waals surface area contributed by atoms with Crippen LogP contribution in [0.3, 0.4) is 0 Å². The number of hydrogen-bond donors (Lipinski definition) is 2. The number of hydrogen-bond acceptors (Lipinski definition) is 4. The van der Waals surface area contributed by atoms with E-state index in [0.717, 1.165) is 18.4 Å². The van der Waals surface area contributed by atoms with Gasteiger partial charge in [-0.15, -0.1) is 0 Å². The number of aliphatic hydroxyl groups excluding tert-OH is 1. The van der Waals surface area contributed by atoms with Gasteiger partial charge in [0.25, 0.3) is 0 Å². The second-order valence-electron chi connectivity index (χ2n) is 8.78. The van der Waals surface area contributed by atoms with Crippen LogP contribution in [-0.2, 0) is 16.1 Å². The van der Waals surface area contributed by atoms with E-state index in [-0.39, 0.29) is 19.1 Å². The number of benzene rings is 1. The number of fused-ring (bicyclic) bond motifs is 1. The molecule has 0 spiro atoms. The van der Waals surface area contributed by atoms with Gasteiger partial charge in [-0.05, 0) is 44.1 Å². The summed E-state index contributed by atoms with van der Waals surface area (Å²) in [5.74, 6) is 0.701. The zero-order valence-corrected chi connectivity index (χ0v) is 16.9. The predicted octanol–water partition coefficient (Wildman–Crippen LogP) is 3.09. The summed E-state index contributed by atoms with van der Waals surface area (Å²) in [5.41, 5.74) is 0.200. The van der Waals surface area contributed by atoms with Crippen molar-refractivity contribution < 1.29 is 19.4 Å². The second kappa shape index (κ2) is 8.95. The topological polar surface area (TPSA) is 78.9 Å². The van der Waals surface area contributed by atoms with Gasteiger partial charge in [0.15, 0.2) is 0 Å². The minimum Gasteiger partial charge on any atom is -0.445 e. The van der Waals surface area contributed by atoms with Crippen molar-refractivity contribution in [2.45, 2.75) is 64.1 Å². The van der Waals surface area contributed by atoms with Gasteiger partial charge in [0.2, 0.25) is 5.91 Å². The van der Waals surface area contributed by atoms with Gasteiger partial charge in [-0.2, -0.15) is 0 Å². The van der Waals surface area contributed by atoms with Gasteiger partial charge in [-0.25, -0.2) is 4.79 Å². The molecule has 154 valence electrons. The van der Waals surface area contributed by atoms with E-state index in [9.17, 15) is 14.7 Å². The van der Waals surface area contributed by atoms with Gasteiger partial charge in [0, 0.05) is 6.54 Å². The highest BCUT2D eigenvalue weighted by Gasteiger charge is 2.43. The third-order valence-electron chi connectivity index (χ3n) is 6.00. The Morgan fingerprint density at radius 1 is 1.18 bits per heavy atom. The SMILES string of the molecule is CC(C)(CO)NC(=O)C1CC2CCCCC2CN1C(=O)OCc1ccccc1. The van der Waals surface area contributed by atoms with Crippen molar-refractivity contribution in [3.63, 3.8) is 0 Å². The average Bonchev–Trinajstić information content (AvgIpc) is 2.71. The van der Waals surface area contributed by atoms with E-state index in [0.29, 0.717) is 24.8 Å². The van der Waals surface area contributed by atoms with Gasteiger partial charge in [-0.1, -0.05) is 49.6 Å². The standard InChI is InChI=1S/C22H32N2O4/c1-22(2,15-25)23-20(26)19-12-17-10-6-7-11-18(17)13-24(19)21(27)28-14-16-8-4-3-5-9-16/h3-5,8-9,17-19,25H,6-7,10-15H2,1-2H3,(H,23,26). The highest BCUT2D eigenvalue weighted by Crippen LogP contribution is 2.39. The zero-order valence-electron chi connectivity index (χ0n) is 16.9. The number of carbonyl (C=O) groups excluding carboxylic acids is 2. The lowest BCUT2D eigenvalue weighted by atomic mass is 9.73. The summed E-state index contributed by atoms with van der Waals surface area (Å²) >= 11 is 0. The molecule has 28 heavy (non-hydrogen) atoms. The van der Waals surface area contributed by atoms with Crippen LogP contribution in [0, 0.1) is 11.8 Å². The molecule has 0 aromatic heterocycles. The van der Waals surface area contributed by atoms with Crippen LogP contribution in [0.4, 0.5) is 4.79 Å². The summed E-state index contributed by atoms with van der Waals surface area (Å²) in [6, 6.07) is 9.01. The molecule has 0 radical (unpaired) electrons. The van der Waals surface area contributed by atoms with Crippen LogP contribution >= 0.6 is 0 Å². The van der Waals surface area contributed by atoms with Crippen LogP contribution in [-0.4, -0.2) is 46.7 Å². The van der Waals surface area contributed by atoms with Crippen molar-refractivity contribution in [3.05, 3.63) is 35.9 Å². The van der Waals surface area contributed by atoms with Crippen LogP contribution in [0.1, 0.15) is 51.5 Å². The number of nitrogens with zero attached hydrogens (tertiary/aromatic N) is 1. The summed E-state index contributed by atoms with van der Waals surface area (Å²) < 4.78 is 5.54. The van der Waals surface area contributed by atoms with Crippen molar-refractivity contribution >= 4 is 12.0 Å². The van der Waals surface area contributed by atoms with Gasteiger partial charge >= 0.3 is 6.09 Å². The van der Waals surface area contributed by atoms with Crippen molar-refractivity contribution in [1.29, 1.82) is 0 Å². The Morgan fingerprint density at radius 2 is 1.86 bits per heavy atom. The lowest BCUT2D eigenvalue weighted by molar-refractivity contribution is -0.131. The predicted molar refractivity (Wildman–Crippen MR) is 106 cm³/mol. The minimum atomic E-state index is -0.722. The van der Waals surface area contributed by atoms with Crippen molar-refractivity contribution in [3.8, 4) is 0 Å². The van der Waals surface area contributed by atoms with Crippen LogP contribution < -0.4 is 5.32 Å². The first-order valence-corrected chi connectivity index (χ1v) is 10.3. The number of ether oxygens (including phenoxy) is 1. The maximum absolute atomic E-state index is 13.0. The Morgan fingerprint density at radius 3 is 2.54 bits per heavy atom. The fraction of sp³-hybridized carbons (Fsp3) is 0.636. The third-order valence-corrected chi connectivity index (χ3v) is 6.00. The van der Waals surface area contributed by atoms with Crippen molar-refractivity contribution in [2.75, 3.05) is 13.2 Å². The summed E-state index contributed by atoms with van der Waals surface area (Å²) in [4.78, 5) is 27.4. The van der Waals surface area contributed by atoms with Gasteiger partial charge in [0.05, 0.1) is 12.1 Å². The Bertz CT molecular complexity index is 676. The molecule has 3 atom stereocenters. The van der Waals surface area contributed by atoms with Crippen molar-refractivity contribution in [1.82, 2.24) is 10.2 Å². The Hall–Kier alpha value is -2.08. The summed E-state index contributed by atoms with van der Waals surface area (Å²) in [6.45, 7) is 4.15. The molecule has 0 bridgehead atoms. The van der Waals surface area contributed by atoms with Crippen LogP contribution in [0.15, 0.2) is 30.3 Å². The molecule has 6 heteroatoms. The first-order valence-electron chi connectivity index (χ1n) is 10.3. The maximum atomic E-state index is 13.0. The molecular formula is C22H32N2O4. The fourth-order valence-electron chi connectivity index (χ4n) is 4.34. The monoisotopic (exact) mass is 388 g/mol. The molecule has 1 aliphatic carbocycles. The van der Waals surface area contributed by atoms with E-state index in [1.54, 1.807) is 18.7 Å². The summed E-state index contributed by atoms with van der Waals surface area (Å²) in [7, 11) is 0. The summed E-state index contributed by atoms with van der Waals surface area (Å²) in [6.07, 6.45) is 4.82. The molecule has 6 nitrogen and oxygen atoms in total. The summed E-state index contributed by atoms with van der Waals surface area (Å²) in [5, 5.41) is 12.4. The van der Waals surface area contributed by atoms with Crippen LogP contribution in [0.25, 0.3) is 0 Å². The molecule has 2 fully saturated rings. The van der Waals surface area contributed by atoms with E-state index in [1.807, 2.05) is 30.3 Å². The minimum absolute atomic E-state index is 0.157. The fourth-order valence-corrected chi connectivity index (χ4v) is 4.34. The number of piperidine rings is 1. The number of likely N-dealkylation sites (tertiary alicyclic amines) is 1. The molecular weight excluding hydrogens is 356 g/mol. The molecule has 1 aromatic carbocycles. The molecule has 1 aromatic rings. The Kier molecular flexibility index (Phi) is 6.60. The lowest BCUT2D eigenvalue weighted by Gasteiger charge is -2.45. The van der Waals surface area contributed by atoms with E-state index < -0.39 is 17.7 Å². The molecule has 3 rings (SSSR count). The lowest BCUT2D eigenvalue weighted by Crippen LogP contribution is -2.60. The van der Waals surface area contributed by atoms with E-state index in [2.05, 4.69) is 5.32 Å². The quantitative estimate of drug-likeness (QED) is 0.812. The second-order valence-corrected chi connectivity index (χ2v) is 8.78. The highest BCUT2D eigenvalue weighted by atomic mass is 16.6. The van der Waals surface area contributed by atoms with E-state index in [4.69, 9.17) is 4.74 Å². The number of rotatable bonds is 5. The average molecular weight is 389 g/mol. The van der Waals surface area contributed by atoms with Gasteiger partial charge in [-0.3, -0.25) is 9.69 Å². The molecule has 1 heterocycles. The Labute approximate surface area is 167 Å². The number of aliphatic hydroxyl groups is 1. The largest absolute Gasteiger partial charge is 0.445 e. The number of nitrogens with one attached hydrogen (secondary N) is 1. The van der Waals surface area contributed by atoms with Crippen molar-refractivity contribution in [2.24, 2.45) is 11.8 Å². The maximum Gasteiger partial charge on any atom is 0.410 e. The molecule has 1 aliphatic heterocycles. The normalized spacial score (nSPS) is 25.0. The van der Waals surface area contributed by atoms with Crippen LogP contribution in [0.2, 0.25) is 0 Å². The van der Waals surface area contributed by atoms with Crippen LogP contribution in [0.5, 0.6) is 0 Å². The number of carbonyl (C=O) groups is 2. The zero-order chi connectivity index (χ0) is 20.1.